The van der Waals surface area contributed by atoms with Gasteiger partial charge in [0.25, 0.3) is 0 Å². The Morgan fingerprint density at radius 1 is 0.538 bits per heavy atom. The summed E-state index contributed by atoms with van der Waals surface area (Å²) >= 11 is 0. The van der Waals surface area contributed by atoms with Crippen LogP contribution in [0.2, 0.25) is 0 Å². The summed E-state index contributed by atoms with van der Waals surface area (Å²) in [5, 5.41) is 44.2. The fraction of sp³-hybridized carbons (Fsp3) is 0. The molecule has 0 aromatic carbocycles. The molecular formula is DyN3O9. The third-order valence-corrected chi connectivity index (χ3v) is 0. The SMILES string of the molecule is O=[N+]([O-])[O-].O=[N+]([O-])[O-].O=[N+]([O-])[O-].[Dy+3]. The maximum Gasteiger partial charge on any atom is 3.00 e. The van der Waals surface area contributed by atoms with Crippen molar-refractivity contribution in [1.29, 1.82) is 0 Å². The molecule has 0 aliphatic carbocycles. The monoisotopic (exact) mass is 350 g/mol. The van der Waals surface area contributed by atoms with Crippen LogP contribution < -0.4 is 0 Å². The second-order valence-corrected chi connectivity index (χ2v) is 0.671. The van der Waals surface area contributed by atoms with Gasteiger partial charge in [0.15, 0.2) is 0 Å². The summed E-state index contributed by atoms with van der Waals surface area (Å²) in [6.45, 7) is 0. The molecule has 0 saturated carbocycles. The molecule has 0 aliphatic rings. The van der Waals surface area contributed by atoms with E-state index in [4.69, 9.17) is 46.0 Å². The topological polar surface area (TPSA) is 199 Å². The van der Waals surface area contributed by atoms with E-state index >= 15 is 0 Å². The van der Waals surface area contributed by atoms with Crippen molar-refractivity contribution >= 4 is 0 Å². The Kier molecular flexibility index (Phi) is 29.8. The van der Waals surface area contributed by atoms with Crippen LogP contribution in [0.1, 0.15) is 0 Å². The largest absolute Gasteiger partial charge is 3.00 e. The van der Waals surface area contributed by atoms with Gasteiger partial charge in [-0.3, -0.25) is 0 Å². The zero-order valence-electron chi connectivity index (χ0n) is 5.33. The molecule has 1 radical (unpaired) electrons. The van der Waals surface area contributed by atoms with Crippen molar-refractivity contribution in [1.82, 2.24) is 0 Å². The Hall–Kier alpha value is -1.13. The van der Waals surface area contributed by atoms with Crippen LogP contribution >= 0.6 is 0 Å². The number of rotatable bonds is 0. The first kappa shape index (κ1) is 22.6. The van der Waals surface area contributed by atoms with Crippen LogP contribution in [0.15, 0.2) is 0 Å². The molecule has 0 aromatic heterocycles. The fourth-order valence-electron chi connectivity index (χ4n) is 0. The van der Waals surface area contributed by atoms with Crippen LogP contribution in [0.4, 0.5) is 0 Å². The van der Waals surface area contributed by atoms with Gasteiger partial charge in [0.2, 0.25) is 0 Å². The molecule has 0 saturated heterocycles. The molecule has 0 heterocycles. The van der Waals surface area contributed by atoms with E-state index in [1.165, 1.54) is 0 Å². The maximum atomic E-state index is 8.25. The first-order valence-electron chi connectivity index (χ1n) is 1.64. The molecule has 0 atom stereocenters. The van der Waals surface area contributed by atoms with Crippen molar-refractivity contribution in [2.45, 2.75) is 0 Å². The zero-order valence-corrected chi connectivity index (χ0v) is 7.36. The van der Waals surface area contributed by atoms with E-state index in [0.29, 0.717) is 0 Å². The third-order valence-electron chi connectivity index (χ3n) is 0. The van der Waals surface area contributed by atoms with Crippen molar-refractivity contribution in [2.24, 2.45) is 0 Å². The molecule has 0 rings (SSSR count). The molecule has 0 aromatic rings. The Balaban J connectivity index is -0.0000000450. The molecule has 0 aliphatic heterocycles. The van der Waals surface area contributed by atoms with Crippen molar-refractivity contribution in [3.05, 3.63) is 46.0 Å². The van der Waals surface area contributed by atoms with Crippen molar-refractivity contribution in [3.8, 4) is 0 Å². The van der Waals surface area contributed by atoms with Crippen LogP contribution in [-0.4, -0.2) is 15.3 Å². The maximum absolute atomic E-state index is 8.25. The summed E-state index contributed by atoms with van der Waals surface area (Å²) in [6, 6.07) is 0. The summed E-state index contributed by atoms with van der Waals surface area (Å²) < 4.78 is 0. The van der Waals surface area contributed by atoms with E-state index in [9.17, 15) is 0 Å². The Bertz CT molecular complexity index is 112. The van der Waals surface area contributed by atoms with Crippen LogP contribution in [0.3, 0.4) is 0 Å². The van der Waals surface area contributed by atoms with Gasteiger partial charge in [0.1, 0.15) is 0 Å². The molecule has 0 unspecified atom stereocenters. The summed E-state index contributed by atoms with van der Waals surface area (Å²) in [7, 11) is 0. The Morgan fingerprint density at radius 2 is 0.538 bits per heavy atom. The summed E-state index contributed by atoms with van der Waals surface area (Å²) in [6.07, 6.45) is 0. The van der Waals surface area contributed by atoms with E-state index in [0.717, 1.165) is 0 Å². The molecule has 0 bridgehead atoms. The molecule has 13 heavy (non-hydrogen) atoms. The fourth-order valence-corrected chi connectivity index (χ4v) is 0. The number of hydrogen-bond donors (Lipinski definition) is 0. The van der Waals surface area contributed by atoms with Gasteiger partial charge in [0, 0.05) is 0 Å². The van der Waals surface area contributed by atoms with Gasteiger partial charge >= 0.3 is 38.2 Å². The van der Waals surface area contributed by atoms with Gasteiger partial charge in [-0.2, -0.15) is 0 Å². The van der Waals surface area contributed by atoms with Gasteiger partial charge in [-0.1, -0.05) is 0 Å². The van der Waals surface area contributed by atoms with E-state index < -0.39 is 15.3 Å². The quantitative estimate of drug-likeness (QED) is 0.400. The van der Waals surface area contributed by atoms with Crippen molar-refractivity contribution in [3.63, 3.8) is 0 Å². The van der Waals surface area contributed by atoms with Gasteiger partial charge in [0.05, 0.1) is 15.3 Å². The van der Waals surface area contributed by atoms with E-state index in [1.807, 2.05) is 0 Å². The standard InChI is InChI=1S/Dy.3NO3/c;3*2-1(3)4/q+3;3*-1. The van der Waals surface area contributed by atoms with E-state index in [1.54, 1.807) is 0 Å². The normalized spacial score (nSPS) is 5.54. The average molecular weight is 349 g/mol. The second-order valence-electron chi connectivity index (χ2n) is 0.671. The van der Waals surface area contributed by atoms with E-state index in [2.05, 4.69) is 0 Å². The second kappa shape index (κ2) is 17.1. The summed E-state index contributed by atoms with van der Waals surface area (Å²) in [5.41, 5.74) is 0. The zero-order chi connectivity index (χ0) is 10.7. The number of nitrogens with zero attached hydrogens (tertiary/aromatic N) is 3. The average Bonchev–Trinajstić information content (AvgIpc) is 1.54. The van der Waals surface area contributed by atoms with Gasteiger partial charge < -0.3 is 46.0 Å². The molecule has 12 nitrogen and oxygen atoms in total. The minimum atomic E-state index is -1.75. The molecule has 0 spiro atoms. The van der Waals surface area contributed by atoms with E-state index in [-0.39, 0.29) is 38.2 Å². The molecule has 0 N–H and O–H groups in total. The Morgan fingerprint density at radius 3 is 0.538 bits per heavy atom. The number of hydrogen-bond acceptors (Lipinski definition) is 9. The molecule has 79 valence electrons. The Labute approximate surface area is 99.1 Å². The third kappa shape index (κ3) is 674. The van der Waals surface area contributed by atoms with Crippen LogP contribution in [0.25, 0.3) is 0 Å². The van der Waals surface area contributed by atoms with Crippen molar-refractivity contribution < 1.29 is 53.4 Å². The van der Waals surface area contributed by atoms with Gasteiger partial charge in [-0.05, 0) is 0 Å². The molecule has 13 heteroatoms. The predicted molar refractivity (Wildman–Crippen MR) is 31.1 cm³/mol. The summed E-state index contributed by atoms with van der Waals surface area (Å²) in [4.78, 5) is 24.8. The smallest absolute Gasteiger partial charge is 0.356 e. The minimum absolute atomic E-state index is 0. The van der Waals surface area contributed by atoms with Crippen molar-refractivity contribution in [2.75, 3.05) is 0 Å². The minimum Gasteiger partial charge on any atom is -0.356 e. The first-order valence-corrected chi connectivity index (χ1v) is 1.64. The molecule has 0 fully saturated rings. The molecular weight excluding hydrogens is 349 g/mol. The summed E-state index contributed by atoms with van der Waals surface area (Å²) in [5.74, 6) is 0. The first-order chi connectivity index (χ1) is 5.20. The molecule has 0 amide bonds. The van der Waals surface area contributed by atoms with Crippen LogP contribution in [0, 0.1) is 84.1 Å². The van der Waals surface area contributed by atoms with Gasteiger partial charge in [-0.15, -0.1) is 0 Å². The van der Waals surface area contributed by atoms with Gasteiger partial charge in [-0.25, -0.2) is 0 Å². The van der Waals surface area contributed by atoms with Crippen LogP contribution in [0.5, 0.6) is 0 Å². The predicted octanol–water partition coefficient (Wildman–Crippen LogP) is -0.717. The van der Waals surface area contributed by atoms with Crippen LogP contribution in [-0.2, 0) is 0 Å².